The second kappa shape index (κ2) is 7.70. The van der Waals surface area contributed by atoms with Crippen molar-refractivity contribution in [3.63, 3.8) is 0 Å². The van der Waals surface area contributed by atoms with Gasteiger partial charge in [-0.2, -0.15) is 5.10 Å². The van der Waals surface area contributed by atoms with Gasteiger partial charge in [0.2, 0.25) is 0 Å². The second-order valence-corrected chi connectivity index (χ2v) is 6.42. The first-order valence-corrected chi connectivity index (χ1v) is 8.73. The van der Waals surface area contributed by atoms with Crippen LogP contribution in [0.1, 0.15) is 30.1 Å². The number of ether oxygens (including phenoxy) is 1. The van der Waals surface area contributed by atoms with Gasteiger partial charge < -0.3 is 9.64 Å². The van der Waals surface area contributed by atoms with E-state index in [9.17, 15) is 9.59 Å². The number of benzene rings is 1. The minimum Gasteiger partial charge on any atom is -0.466 e. The number of aromatic nitrogens is 2. The zero-order chi connectivity index (χ0) is 17.8. The van der Waals surface area contributed by atoms with E-state index in [1.54, 1.807) is 30.2 Å². The van der Waals surface area contributed by atoms with Crippen molar-refractivity contribution in [2.75, 3.05) is 19.7 Å². The number of halogens is 1. The van der Waals surface area contributed by atoms with Gasteiger partial charge in [-0.05, 0) is 31.9 Å². The fraction of sp³-hybridized carbons (Fsp3) is 0.389. The molecule has 1 aliphatic rings. The summed E-state index contributed by atoms with van der Waals surface area (Å²) >= 11 is 5.92. The third kappa shape index (κ3) is 3.85. The van der Waals surface area contributed by atoms with E-state index in [1.807, 2.05) is 12.1 Å². The number of esters is 1. The van der Waals surface area contributed by atoms with Crippen molar-refractivity contribution in [2.45, 2.75) is 19.8 Å². The maximum atomic E-state index is 12.8. The van der Waals surface area contributed by atoms with E-state index >= 15 is 0 Å². The number of hydrogen-bond donors (Lipinski definition) is 1. The molecule has 0 saturated carbocycles. The maximum Gasteiger partial charge on any atom is 0.309 e. The first kappa shape index (κ1) is 17.5. The van der Waals surface area contributed by atoms with E-state index in [0.29, 0.717) is 48.8 Å². The Morgan fingerprint density at radius 2 is 1.96 bits per heavy atom. The summed E-state index contributed by atoms with van der Waals surface area (Å²) in [6.07, 6.45) is 2.79. The Morgan fingerprint density at radius 1 is 1.28 bits per heavy atom. The Balaban J connectivity index is 1.70. The highest BCUT2D eigenvalue weighted by Gasteiger charge is 2.30. The molecule has 0 radical (unpaired) electrons. The number of likely N-dealkylation sites (tertiary alicyclic amines) is 1. The van der Waals surface area contributed by atoms with Crippen LogP contribution in [0.4, 0.5) is 0 Å². The standard InChI is InChI=1S/C18H20ClN3O3/c1-2-25-18(24)13-7-9-22(10-8-13)17(23)15-11-20-21-16(15)12-3-5-14(19)6-4-12/h3-6,11,13H,2,7-10H2,1H3,(H,20,21). The van der Waals surface area contributed by atoms with Crippen molar-refractivity contribution in [2.24, 2.45) is 5.92 Å². The van der Waals surface area contributed by atoms with Crippen molar-refractivity contribution in [1.82, 2.24) is 15.1 Å². The van der Waals surface area contributed by atoms with Crippen LogP contribution in [-0.4, -0.2) is 46.7 Å². The first-order chi connectivity index (χ1) is 12.1. The zero-order valence-electron chi connectivity index (χ0n) is 14.0. The van der Waals surface area contributed by atoms with Gasteiger partial charge in [0.25, 0.3) is 5.91 Å². The van der Waals surface area contributed by atoms with Gasteiger partial charge in [0.15, 0.2) is 0 Å². The minimum absolute atomic E-state index is 0.0824. The van der Waals surface area contributed by atoms with Gasteiger partial charge in [0, 0.05) is 23.7 Å². The van der Waals surface area contributed by atoms with Crippen molar-refractivity contribution in [3.8, 4) is 11.3 Å². The molecule has 0 unspecified atom stereocenters. The molecule has 7 heteroatoms. The Morgan fingerprint density at radius 3 is 2.60 bits per heavy atom. The van der Waals surface area contributed by atoms with Crippen LogP contribution in [0.25, 0.3) is 11.3 Å². The SMILES string of the molecule is CCOC(=O)C1CCN(C(=O)c2cn[nH]c2-c2ccc(Cl)cc2)CC1. The third-order valence-electron chi connectivity index (χ3n) is 4.40. The fourth-order valence-electron chi connectivity index (χ4n) is 3.03. The van der Waals surface area contributed by atoms with E-state index < -0.39 is 0 Å². The summed E-state index contributed by atoms with van der Waals surface area (Å²) in [5.41, 5.74) is 2.05. The number of hydrogen-bond acceptors (Lipinski definition) is 4. The molecule has 1 aromatic heterocycles. The zero-order valence-corrected chi connectivity index (χ0v) is 14.8. The number of nitrogens with one attached hydrogen (secondary N) is 1. The summed E-state index contributed by atoms with van der Waals surface area (Å²) in [4.78, 5) is 26.4. The largest absolute Gasteiger partial charge is 0.466 e. The maximum absolute atomic E-state index is 12.8. The molecule has 1 aliphatic heterocycles. The summed E-state index contributed by atoms with van der Waals surface area (Å²) in [6.45, 7) is 3.26. The monoisotopic (exact) mass is 361 g/mol. The molecule has 2 aromatic rings. The lowest BCUT2D eigenvalue weighted by molar-refractivity contribution is -0.149. The molecule has 6 nitrogen and oxygen atoms in total. The smallest absolute Gasteiger partial charge is 0.309 e. The molecule has 0 spiro atoms. The number of rotatable bonds is 4. The molecule has 1 amide bonds. The topological polar surface area (TPSA) is 75.3 Å². The van der Waals surface area contributed by atoms with Crippen LogP contribution in [0, 0.1) is 5.92 Å². The van der Waals surface area contributed by atoms with Gasteiger partial charge in [0.1, 0.15) is 0 Å². The summed E-state index contributed by atoms with van der Waals surface area (Å²) in [7, 11) is 0. The number of H-pyrrole nitrogens is 1. The molecule has 3 rings (SSSR count). The van der Waals surface area contributed by atoms with E-state index in [-0.39, 0.29) is 17.8 Å². The number of piperidine rings is 1. The third-order valence-corrected chi connectivity index (χ3v) is 4.66. The average molecular weight is 362 g/mol. The highest BCUT2D eigenvalue weighted by Crippen LogP contribution is 2.26. The fourth-order valence-corrected chi connectivity index (χ4v) is 3.16. The summed E-state index contributed by atoms with van der Waals surface area (Å²) in [6, 6.07) is 7.24. The van der Waals surface area contributed by atoms with Gasteiger partial charge in [-0.25, -0.2) is 0 Å². The van der Waals surface area contributed by atoms with Crippen LogP contribution in [-0.2, 0) is 9.53 Å². The molecule has 2 heterocycles. The van der Waals surface area contributed by atoms with Crippen molar-refractivity contribution in [3.05, 3.63) is 41.0 Å². The molecule has 1 N–H and O–H groups in total. The lowest BCUT2D eigenvalue weighted by atomic mass is 9.96. The van der Waals surface area contributed by atoms with Crippen molar-refractivity contribution >= 4 is 23.5 Å². The molecule has 1 saturated heterocycles. The Bertz CT molecular complexity index is 749. The highest BCUT2D eigenvalue weighted by atomic mass is 35.5. The average Bonchev–Trinajstić information content (AvgIpc) is 3.12. The Hall–Kier alpha value is -2.34. The highest BCUT2D eigenvalue weighted by molar-refractivity contribution is 6.30. The molecular weight excluding hydrogens is 342 g/mol. The molecule has 25 heavy (non-hydrogen) atoms. The predicted octanol–water partition coefficient (Wildman–Crippen LogP) is 3.15. The molecule has 1 aromatic carbocycles. The molecule has 0 atom stereocenters. The van der Waals surface area contributed by atoms with Gasteiger partial charge in [-0.3, -0.25) is 14.7 Å². The number of carbonyl (C=O) groups excluding carboxylic acids is 2. The Labute approximate surface area is 151 Å². The lowest BCUT2D eigenvalue weighted by Gasteiger charge is -2.30. The number of amides is 1. The second-order valence-electron chi connectivity index (χ2n) is 5.98. The van der Waals surface area contributed by atoms with E-state index in [0.717, 1.165) is 5.56 Å². The van der Waals surface area contributed by atoms with Crippen LogP contribution in [0.5, 0.6) is 0 Å². The molecule has 0 aliphatic carbocycles. The van der Waals surface area contributed by atoms with E-state index in [4.69, 9.17) is 16.3 Å². The van der Waals surface area contributed by atoms with E-state index in [1.165, 1.54) is 0 Å². The van der Waals surface area contributed by atoms with Crippen LogP contribution in [0.2, 0.25) is 5.02 Å². The normalized spacial score (nSPS) is 15.2. The van der Waals surface area contributed by atoms with Crippen LogP contribution < -0.4 is 0 Å². The molecule has 1 fully saturated rings. The number of aromatic amines is 1. The van der Waals surface area contributed by atoms with Crippen LogP contribution in [0.15, 0.2) is 30.5 Å². The summed E-state index contributed by atoms with van der Waals surface area (Å²) < 4.78 is 5.07. The molecule has 132 valence electrons. The Kier molecular flexibility index (Phi) is 5.38. The summed E-state index contributed by atoms with van der Waals surface area (Å²) in [5, 5.41) is 7.55. The van der Waals surface area contributed by atoms with Gasteiger partial charge in [0.05, 0.1) is 30.0 Å². The van der Waals surface area contributed by atoms with Crippen LogP contribution >= 0.6 is 11.6 Å². The minimum atomic E-state index is -0.167. The van der Waals surface area contributed by atoms with Gasteiger partial charge in [-0.1, -0.05) is 23.7 Å². The van der Waals surface area contributed by atoms with Crippen LogP contribution in [0.3, 0.4) is 0 Å². The van der Waals surface area contributed by atoms with Gasteiger partial charge in [-0.15, -0.1) is 0 Å². The molecule has 0 bridgehead atoms. The van der Waals surface area contributed by atoms with Crippen molar-refractivity contribution in [1.29, 1.82) is 0 Å². The van der Waals surface area contributed by atoms with Crippen molar-refractivity contribution < 1.29 is 14.3 Å². The van der Waals surface area contributed by atoms with Gasteiger partial charge >= 0.3 is 5.97 Å². The quantitative estimate of drug-likeness (QED) is 0.849. The number of carbonyl (C=O) groups is 2. The van der Waals surface area contributed by atoms with E-state index in [2.05, 4.69) is 10.2 Å². The first-order valence-electron chi connectivity index (χ1n) is 8.35. The number of nitrogens with zero attached hydrogens (tertiary/aromatic N) is 2. The summed E-state index contributed by atoms with van der Waals surface area (Å²) in [5.74, 6) is -0.371. The lowest BCUT2D eigenvalue weighted by Crippen LogP contribution is -2.40. The predicted molar refractivity (Wildman–Crippen MR) is 94.3 cm³/mol. The molecular formula is C18H20ClN3O3.